The topological polar surface area (TPSA) is 92.1 Å². The Morgan fingerprint density at radius 3 is 2.68 bits per heavy atom. The van der Waals surface area contributed by atoms with Gasteiger partial charge in [-0.25, -0.2) is 4.98 Å². The third-order valence-electron chi connectivity index (χ3n) is 3.86. The Morgan fingerprint density at radius 1 is 1.18 bits per heavy atom. The van der Waals surface area contributed by atoms with Gasteiger partial charge in [-0.2, -0.15) is 5.26 Å². The van der Waals surface area contributed by atoms with Crippen molar-refractivity contribution >= 4 is 28.9 Å². The Kier molecular flexibility index (Phi) is 6.14. The lowest BCUT2D eigenvalue weighted by atomic mass is 10.2. The summed E-state index contributed by atoms with van der Waals surface area (Å²) in [5, 5.41) is 14.2. The van der Waals surface area contributed by atoms with E-state index in [4.69, 9.17) is 10.00 Å². The number of nitrogens with one attached hydrogen (secondary N) is 1. The highest BCUT2D eigenvalue weighted by Crippen LogP contribution is 2.24. The number of rotatable bonds is 6. The lowest BCUT2D eigenvalue weighted by molar-refractivity contribution is -0.146. The van der Waals surface area contributed by atoms with Crippen LogP contribution in [0.15, 0.2) is 53.9 Å². The number of nitriles is 1. The number of carbonyl (C=O) groups excluding carboxylic acids is 2. The average molecular weight is 391 g/mol. The van der Waals surface area contributed by atoms with Gasteiger partial charge >= 0.3 is 5.97 Å². The molecule has 7 heteroatoms. The molecule has 0 saturated heterocycles. The number of hydrogen-bond acceptors (Lipinski definition) is 6. The molecule has 0 aliphatic heterocycles. The molecule has 0 atom stereocenters. The molecule has 0 saturated carbocycles. The summed E-state index contributed by atoms with van der Waals surface area (Å²) < 4.78 is 5.01. The lowest BCUT2D eigenvalue weighted by Gasteiger charge is -2.07. The van der Waals surface area contributed by atoms with Crippen LogP contribution in [0.3, 0.4) is 0 Å². The summed E-state index contributed by atoms with van der Waals surface area (Å²) in [6, 6.07) is 16.6. The van der Waals surface area contributed by atoms with Gasteiger partial charge in [0.1, 0.15) is 11.1 Å². The fraction of sp³-hybridized carbons (Fsp3) is 0.143. The van der Waals surface area contributed by atoms with Gasteiger partial charge in [-0.05, 0) is 19.1 Å². The molecule has 1 N–H and O–H groups in total. The summed E-state index contributed by atoms with van der Waals surface area (Å²) >= 11 is 1.45. The second-order valence-corrected chi connectivity index (χ2v) is 6.91. The normalized spacial score (nSPS) is 10.1. The van der Waals surface area contributed by atoms with Crippen LogP contribution in [-0.4, -0.2) is 23.5 Å². The standard InChI is InChI=1S/C21H17N3O3S/c1-14-6-8-15(9-7-14)21-23-17(13-28-21)10-20(26)27-12-19(25)24-18-5-3-2-4-16(18)11-22/h2-9,13H,10,12H2,1H3,(H,24,25). The van der Waals surface area contributed by atoms with Crippen LogP contribution >= 0.6 is 11.3 Å². The smallest absolute Gasteiger partial charge is 0.312 e. The first-order chi connectivity index (χ1) is 13.5. The second kappa shape index (κ2) is 8.93. The first-order valence-corrected chi connectivity index (χ1v) is 9.39. The van der Waals surface area contributed by atoms with Crippen molar-refractivity contribution < 1.29 is 14.3 Å². The zero-order valence-corrected chi connectivity index (χ0v) is 16.0. The SMILES string of the molecule is Cc1ccc(-c2nc(CC(=O)OCC(=O)Nc3ccccc3C#N)cs2)cc1. The van der Waals surface area contributed by atoms with Crippen LogP contribution in [-0.2, 0) is 20.7 Å². The van der Waals surface area contributed by atoms with Gasteiger partial charge in [-0.1, -0.05) is 42.0 Å². The number of benzene rings is 2. The number of anilines is 1. The summed E-state index contributed by atoms with van der Waals surface area (Å²) in [5.41, 5.74) is 3.48. The summed E-state index contributed by atoms with van der Waals surface area (Å²) in [6.07, 6.45) is -0.00950. The number of esters is 1. The van der Waals surface area contributed by atoms with E-state index < -0.39 is 18.5 Å². The fourth-order valence-electron chi connectivity index (χ4n) is 2.44. The number of carbonyl (C=O) groups is 2. The molecule has 3 rings (SSSR count). The van der Waals surface area contributed by atoms with Crippen molar-refractivity contribution in [1.82, 2.24) is 4.98 Å². The number of hydrogen-bond donors (Lipinski definition) is 1. The molecule has 1 amide bonds. The monoisotopic (exact) mass is 391 g/mol. The lowest BCUT2D eigenvalue weighted by Crippen LogP contribution is -2.22. The minimum atomic E-state index is -0.538. The Labute approximate surface area is 166 Å². The van der Waals surface area contributed by atoms with Gasteiger partial charge in [0.05, 0.1) is 23.4 Å². The van der Waals surface area contributed by atoms with E-state index in [1.54, 1.807) is 29.6 Å². The van der Waals surface area contributed by atoms with Crippen molar-refractivity contribution in [3.8, 4) is 16.6 Å². The van der Waals surface area contributed by atoms with Gasteiger partial charge in [-0.3, -0.25) is 9.59 Å². The molecule has 0 spiro atoms. The van der Waals surface area contributed by atoms with E-state index >= 15 is 0 Å². The van der Waals surface area contributed by atoms with Gasteiger partial charge in [0.2, 0.25) is 0 Å². The van der Waals surface area contributed by atoms with Crippen LogP contribution in [0, 0.1) is 18.3 Å². The maximum atomic E-state index is 12.0. The molecule has 0 fully saturated rings. The van der Waals surface area contributed by atoms with Crippen LogP contribution in [0.5, 0.6) is 0 Å². The quantitative estimate of drug-likeness (QED) is 0.647. The van der Waals surface area contributed by atoms with Crippen LogP contribution in [0.2, 0.25) is 0 Å². The van der Waals surface area contributed by atoms with Crippen molar-refractivity contribution in [3.63, 3.8) is 0 Å². The van der Waals surface area contributed by atoms with Crippen LogP contribution < -0.4 is 5.32 Å². The Morgan fingerprint density at radius 2 is 1.93 bits per heavy atom. The largest absolute Gasteiger partial charge is 0.455 e. The van der Waals surface area contributed by atoms with E-state index in [0.717, 1.165) is 10.6 Å². The molecule has 6 nitrogen and oxygen atoms in total. The van der Waals surface area contributed by atoms with E-state index in [2.05, 4.69) is 10.3 Å². The fourth-order valence-corrected chi connectivity index (χ4v) is 3.26. The molecular formula is C21H17N3O3S. The molecule has 0 radical (unpaired) electrons. The predicted molar refractivity (Wildman–Crippen MR) is 107 cm³/mol. The third-order valence-corrected chi connectivity index (χ3v) is 4.80. The summed E-state index contributed by atoms with van der Waals surface area (Å²) in [7, 11) is 0. The van der Waals surface area contributed by atoms with E-state index in [1.165, 1.54) is 16.9 Å². The minimum Gasteiger partial charge on any atom is -0.455 e. The maximum Gasteiger partial charge on any atom is 0.312 e. The van der Waals surface area contributed by atoms with Gasteiger partial charge < -0.3 is 10.1 Å². The van der Waals surface area contributed by atoms with Crippen LogP contribution in [0.1, 0.15) is 16.8 Å². The molecule has 2 aromatic carbocycles. The molecule has 1 aromatic heterocycles. The molecule has 0 bridgehead atoms. The zero-order valence-electron chi connectivity index (χ0n) is 15.1. The number of nitrogens with zero attached hydrogens (tertiary/aromatic N) is 2. The van der Waals surface area contributed by atoms with E-state index in [1.807, 2.05) is 37.3 Å². The van der Waals surface area contributed by atoms with Crippen molar-refractivity contribution in [2.45, 2.75) is 13.3 Å². The summed E-state index contributed by atoms with van der Waals surface area (Å²) in [6.45, 7) is 1.59. The van der Waals surface area contributed by atoms with Gasteiger partial charge in [0.25, 0.3) is 5.91 Å². The molecule has 140 valence electrons. The van der Waals surface area contributed by atoms with E-state index in [0.29, 0.717) is 16.9 Å². The number of para-hydroxylation sites is 1. The summed E-state index contributed by atoms with van der Waals surface area (Å²) in [5.74, 6) is -1.04. The Hall–Kier alpha value is -3.50. The number of aromatic nitrogens is 1. The highest BCUT2D eigenvalue weighted by Gasteiger charge is 2.13. The second-order valence-electron chi connectivity index (χ2n) is 6.05. The number of thiazole rings is 1. The Bertz CT molecular complexity index is 1040. The zero-order chi connectivity index (χ0) is 19.9. The van der Waals surface area contributed by atoms with Crippen molar-refractivity contribution in [1.29, 1.82) is 5.26 Å². The third kappa shape index (κ3) is 5.02. The van der Waals surface area contributed by atoms with Crippen molar-refractivity contribution in [2.24, 2.45) is 0 Å². The number of amides is 1. The van der Waals surface area contributed by atoms with E-state index in [9.17, 15) is 9.59 Å². The first kappa shape index (κ1) is 19.3. The highest BCUT2D eigenvalue weighted by molar-refractivity contribution is 7.13. The molecule has 0 aliphatic rings. The first-order valence-electron chi connectivity index (χ1n) is 8.51. The summed E-state index contributed by atoms with van der Waals surface area (Å²) in [4.78, 5) is 28.4. The predicted octanol–water partition coefficient (Wildman–Crippen LogP) is 3.71. The maximum absolute atomic E-state index is 12.0. The van der Waals surface area contributed by atoms with E-state index in [-0.39, 0.29) is 6.42 Å². The van der Waals surface area contributed by atoms with Crippen molar-refractivity contribution in [3.05, 3.63) is 70.7 Å². The van der Waals surface area contributed by atoms with Crippen LogP contribution in [0.25, 0.3) is 10.6 Å². The minimum absolute atomic E-state index is 0.00950. The molecule has 0 aliphatic carbocycles. The molecule has 0 unspecified atom stereocenters. The van der Waals surface area contributed by atoms with Crippen molar-refractivity contribution in [2.75, 3.05) is 11.9 Å². The molecular weight excluding hydrogens is 374 g/mol. The van der Waals surface area contributed by atoms with Gasteiger partial charge in [0.15, 0.2) is 6.61 Å². The molecule has 1 heterocycles. The highest BCUT2D eigenvalue weighted by atomic mass is 32.1. The Balaban J connectivity index is 1.51. The van der Waals surface area contributed by atoms with Gasteiger partial charge in [0, 0.05) is 10.9 Å². The number of ether oxygens (including phenoxy) is 1. The van der Waals surface area contributed by atoms with Gasteiger partial charge in [-0.15, -0.1) is 11.3 Å². The van der Waals surface area contributed by atoms with Crippen LogP contribution in [0.4, 0.5) is 5.69 Å². The number of aryl methyl sites for hydroxylation is 1. The molecule has 28 heavy (non-hydrogen) atoms. The molecule has 3 aromatic rings. The average Bonchev–Trinajstić information content (AvgIpc) is 3.16.